The number of hydrogen-bond donors (Lipinski definition) is 2. The Labute approximate surface area is 178 Å². The largest absolute Gasteiger partial charge is 0.490 e. The van der Waals surface area contributed by atoms with Crippen LogP contribution < -0.4 is 14.9 Å². The van der Waals surface area contributed by atoms with Crippen molar-refractivity contribution in [1.29, 1.82) is 0 Å². The molecule has 154 valence electrons. The molecule has 0 saturated carbocycles. The standard InChI is InChI=1S/C20H22ClFN4O2S/c1-3-19-24-25-20(29)26(19)23-11-13-5-8-17(18(9-13)27-4-2)28-12-14-6-7-15(22)10-16(14)21/h5-10,23H,3-4,11-12H2,1-2H3,(H,25,29). The maximum atomic E-state index is 13.2. The smallest absolute Gasteiger partial charge is 0.214 e. The van der Waals surface area contributed by atoms with E-state index in [-0.39, 0.29) is 12.4 Å². The summed E-state index contributed by atoms with van der Waals surface area (Å²) in [7, 11) is 0. The molecule has 3 rings (SSSR count). The van der Waals surface area contributed by atoms with E-state index in [4.69, 9.17) is 33.3 Å². The van der Waals surface area contributed by atoms with Gasteiger partial charge >= 0.3 is 0 Å². The van der Waals surface area contributed by atoms with E-state index in [2.05, 4.69) is 15.6 Å². The Bertz CT molecular complexity index is 1040. The number of ether oxygens (including phenoxy) is 2. The summed E-state index contributed by atoms with van der Waals surface area (Å²) in [5.41, 5.74) is 4.95. The van der Waals surface area contributed by atoms with Crippen LogP contribution in [0.3, 0.4) is 0 Å². The minimum Gasteiger partial charge on any atom is -0.490 e. The van der Waals surface area contributed by atoms with E-state index in [0.717, 1.165) is 17.8 Å². The van der Waals surface area contributed by atoms with Crippen LogP contribution in [0.5, 0.6) is 11.5 Å². The summed E-state index contributed by atoms with van der Waals surface area (Å²) in [6.07, 6.45) is 0.753. The summed E-state index contributed by atoms with van der Waals surface area (Å²) >= 11 is 11.3. The highest BCUT2D eigenvalue weighted by atomic mass is 35.5. The first-order chi connectivity index (χ1) is 14.0. The van der Waals surface area contributed by atoms with Crippen LogP contribution in [0.2, 0.25) is 5.02 Å². The number of benzene rings is 2. The lowest BCUT2D eigenvalue weighted by Gasteiger charge is -2.15. The van der Waals surface area contributed by atoms with Gasteiger partial charge < -0.3 is 14.9 Å². The number of nitrogens with zero attached hydrogens (tertiary/aromatic N) is 2. The molecule has 0 atom stereocenters. The number of hydrogen-bond acceptors (Lipinski definition) is 5. The second kappa shape index (κ2) is 9.76. The average molecular weight is 437 g/mol. The molecule has 29 heavy (non-hydrogen) atoms. The molecule has 0 aliphatic rings. The fraction of sp³-hybridized carbons (Fsp3) is 0.300. The summed E-state index contributed by atoms with van der Waals surface area (Å²) in [5.74, 6) is 1.66. The van der Waals surface area contributed by atoms with Crippen molar-refractivity contribution in [2.75, 3.05) is 12.0 Å². The van der Waals surface area contributed by atoms with Gasteiger partial charge in [-0.25, -0.2) is 9.07 Å². The van der Waals surface area contributed by atoms with Gasteiger partial charge in [0.2, 0.25) is 4.77 Å². The van der Waals surface area contributed by atoms with Gasteiger partial charge in [0.05, 0.1) is 18.2 Å². The normalized spacial score (nSPS) is 10.8. The van der Waals surface area contributed by atoms with Gasteiger partial charge in [-0.05, 0) is 49.0 Å². The van der Waals surface area contributed by atoms with Gasteiger partial charge in [-0.2, -0.15) is 5.10 Å². The van der Waals surface area contributed by atoms with Crippen molar-refractivity contribution >= 4 is 23.8 Å². The zero-order valence-electron chi connectivity index (χ0n) is 16.2. The van der Waals surface area contributed by atoms with Crippen molar-refractivity contribution in [2.45, 2.75) is 33.4 Å². The number of halogens is 2. The highest BCUT2D eigenvalue weighted by Crippen LogP contribution is 2.30. The molecule has 2 aromatic carbocycles. The van der Waals surface area contributed by atoms with Crippen molar-refractivity contribution in [1.82, 2.24) is 14.9 Å². The first-order valence-corrected chi connectivity index (χ1v) is 10.0. The van der Waals surface area contributed by atoms with Crippen molar-refractivity contribution in [3.63, 3.8) is 0 Å². The van der Waals surface area contributed by atoms with E-state index in [0.29, 0.717) is 40.0 Å². The van der Waals surface area contributed by atoms with Crippen molar-refractivity contribution < 1.29 is 13.9 Å². The molecule has 0 radical (unpaired) electrons. The topological polar surface area (TPSA) is 64.1 Å². The van der Waals surface area contributed by atoms with Crippen LogP contribution >= 0.6 is 23.8 Å². The highest BCUT2D eigenvalue weighted by Gasteiger charge is 2.10. The lowest BCUT2D eigenvalue weighted by Crippen LogP contribution is -2.17. The molecular formula is C20H22ClFN4O2S. The van der Waals surface area contributed by atoms with Gasteiger partial charge in [0.15, 0.2) is 17.3 Å². The van der Waals surface area contributed by atoms with E-state index in [9.17, 15) is 4.39 Å². The molecule has 0 bridgehead atoms. The van der Waals surface area contributed by atoms with Gasteiger partial charge in [-0.1, -0.05) is 30.7 Å². The summed E-state index contributed by atoms with van der Waals surface area (Å²) in [6, 6.07) is 9.92. The predicted molar refractivity (Wildman–Crippen MR) is 113 cm³/mol. The Morgan fingerprint density at radius 3 is 2.72 bits per heavy atom. The second-order valence-corrected chi connectivity index (χ2v) is 7.00. The van der Waals surface area contributed by atoms with Gasteiger partial charge in [-0.15, -0.1) is 0 Å². The molecule has 3 aromatic rings. The molecule has 6 nitrogen and oxygen atoms in total. The number of aryl methyl sites for hydroxylation is 1. The van der Waals surface area contributed by atoms with Crippen molar-refractivity contribution in [3.8, 4) is 11.5 Å². The Kier molecular flexibility index (Phi) is 7.11. The summed E-state index contributed by atoms with van der Waals surface area (Å²) < 4.78 is 27.1. The molecule has 1 aromatic heterocycles. The van der Waals surface area contributed by atoms with E-state index in [1.165, 1.54) is 12.1 Å². The average Bonchev–Trinajstić information content (AvgIpc) is 3.06. The maximum absolute atomic E-state index is 13.2. The third-order valence-corrected chi connectivity index (χ3v) is 4.83. The molecule has 0 saturated heterocycles. The Hall–Kier alpha value is -2.58. The number of aromatic amines is 1. The monoisotopic (exact) mass is 436 g/mol. The number of aromatic nitrogens is 3. The number of rotatable bonds is 9. The molecule has 0 fully saturated rings. The van der Waals surface area contributed by atoms with Crippen LogP contribution in [0.4, 0.5) is 4.39 Å². The van der Waals surface area contributed by atoms with Crippen LogP contribution in [0, 0.1) is 10.6 Å². The summed E-state index contributed by atoms with van der Waals surface area (Å²) in [6.45, 7) is 5.16. The SMILES string of the molecule is CCOc1cc(CNn2c(CC)n[nH]c2=S)ccc1OCc1ccc(F)cc1Cl. The molecule has 0 unspecified atom stereocenters. The summed E-state index contributed by atoms with van der Waals surface area (Å²) in [5, 5.41) is 7.28. The van der Waals surface area contributed by atoms with E-state index in [1.54, 1.807) is 10.7 Å². The number of nitrogens with one attached hydrogen (secondary N) is 2. The summed E-state index contributed by atoms with van der Waals surface area (Å²) in [4.78, 5) is 0. The van der Waals surface area contributed by atoms with Crippen molar-refractivity contribution in [3.05, 3.63) is 69.0 Å². The van der Waals surface area contributed by atoms with Gasteiger partial charge in [0, 0.05) is 12.0 Å². The molecule has 0 spiro atoms. The van der Waals surface area contributed by atoms with Crippen LogP contribution in [0.25, 0.3) is 0 Å². The zero-order valence-corrected chi connectivity index (χ0v) is 17.7. The van der Waals surface area contributed by atoms with Crippen LogP contribution in [0.1, 0.15) is 30.8 Å². The maximum Gasteiger partial charge on any atom is 0.214 e. The molecule has 1 heterocycles. The van der Waals surface area contributed by atoms with Crippen LogP contribution in [0.15, 0.2) is 36.4 Å². The third kappa shape index (κ3) is 5.27. The zero-order chi connectivity index (χ0) is 20.8. The minimum absolute atomic E-state index is 0.209. The fourth-order valence-electron chi connectivity index (χ4n) is 2.74. The molecule has 0 aliphatic heterocycles. The van der Waals surface area contributed by atoms with Crippen LogP contribution in [-0.2, 0) is 19.6 Å². The Balaban J connectivity index is 1.72. The number of H-pyrrole nitrogens is 1. The highest BCUT2D eigenvalue weighted by molar-refractivity contribution is 7.71. The molecule has 0 amide bonds. The van der Waals surface area contributed by atoms with E-state index < -0.39 is 0 Å². The minimum atomic E-state index is -0.380. The Morgan fingerprint density at radius 2 is 2.00 bits per heavy atom. The first-order valence-electron chi connectivity index (χ1n) is 9.24. The van der Waals surface area contributed by atoms with E-state index in [1.807, 2.05) is 32.0 Å². The lowest BCUT2D eigenvalue weighted by molar-refractivity contribution is 0.269. The predicted octanol–water partition coefficient (Wildman–Crippen LogP) is 5.02. The molecule has 9 heteroatoms. The lowest BCUT2D eigenvalue weighted by atomic mass is 10.2. The third-order valence-electron chi connectivity index (χ3n) is 4.21. The fourth-order valence-corrected chi connectivity index (χ4v) is 3.18. The molecule has 0 aliphatic carbocycles. The van der Waals surface area contributed by atoms with E-state index >= 15 is 0 Å². The van der Waals surface area contributed by atoms with Gasteiger partial charge in [0.25, 0.3) is 0 Å². The second-order valence-electron chi connectivity index (χ2n) is 6.21. The van der Waals surface area contributed by atoms with Gasteiger partial charge in [0.1, 0.15) is 12.4 Å². The van der Waals surface area contributed by atoms with Gasteiger partial charge in [-0.3, -0.25) is 5.10 Å². The first kappa shape index (κ1) is 21.1. The van der Waals surface area contributed by atoms with Crippen LogP contribution in [-0.4, -0.2) is 21.5 Å². The quantitative estimate of drug-likeness (QED) is 0.461. The molecular weight excluding hydrogens is 415 g/mol. The molecule has 2 N–H and O–H groups in total. The Morgan fingerprint density at radius 1 is 1.17 bits per heavy atom. The van der Waals surface area contributed by atoms with Crippen molar-refractivity contribution in [2.24, 2.45) is 0 Å².